The number of rotatable bonds is 6. The Morgan fingerprint density at radius 1 is 1.09 bits per heavy atom. The zero-order chi connectivity index (χ0) is 23.7. The second kappa shape index (κ2) is 8.93. The highest BCUT2D eigenvalue weighted by atomic mass is 19.4. The quantitative estimate of drug-likeness (QED) is 0.468. The molecular formula is C26H28F4N2O. The van der Waals surface area contributed by atoms with Crippen LogP contribution in [0.1, 0.15) is 57.4 Å². The van der Waals surface area contributed by atoms with E-state index in [9.17, 15) is 22.7 Å². The highest BCUT2D eigenvalue weighted by Crippen LogP contribution is 2.56. The van der Waals surface area contributed by atoms with Gasteiger partial charge in [-0.3, -0.25) is 4.98 Å². The van der Waals surface area contributed by atoms with Crippen molar-refractivity contribution in [2.75, 3.05) is 0 Å². The van der Waals surface area contributed by atoms with Crippen LogP contribution in [0.4, 0.5) is 17.6 Å². The number of aromatic nitrogens is 1. The van der Waals surface area contributed by atoms with Gasteiger partial charge in [-0.05, 0) is 62.9 Å². The number of hydrogen-bond donors (Lipinski definition) is 2. The van der Waals surface area contributed by atoms with Crippen molar-refractivity contribution in [3.8, 4) is 11.3 Å². The molecule has 0 saturated heterocycles. The van der Waals surface area contributed by atoms with Crippen molar-refractivity contribution >= 4 is 0 Å². The first-order valence-electron chi connectivity index (χ1n) is 11.2. The molecule has 1 saturated carbocycles. The number of halogens is 4. The maximum atomic E-state index is 13.5. The van der Waals surface area contributed by atoms with Gasteiger partial charge in [0.15, 0.2) is 0 Å². The molecule has 1 aliphatic heterocycles. The van der Waals surface area contributed by atoms with E-state index in [4.69, 9.17) is 0 Å². The zero-order valence-corrected chi connectivity index (χ0v) is 18.6. The molecule has 0 bridgehead atoms. The number of aliphatic hydroxyl groups is 1. The summed E-state index contributed by atoms with van der Waals surface area (Å²) < 4.78 is 53.7. The Hall–Kier alpha value is -2.67. The normalized spacial score (nSPS) is 19.9. The van der Waals surface area contributed by atoms with Gasteiger partial charge in [-0.2, -0.15) is 13.2 Å². The lowest BCUT2D eigenvalue weighted by Crippen LogP contribution is -2.44. The molecule has 176 valence electrons. The van der Waals surface area contributed by atoms with Gasteiger partial charge in [0.05, 0.1) is 22.9 Å². The van der Waals surface area contributed by atoms with Crippen molar-refractivity contribution in [2.45, 2.75) is 63.6 Å². The topological polar surface area (TPSA) is 45.1 Å². The summed E-state index contributed by atoms with van der Waals surface area (Å²) in [7, 11) is 0. The van der Waals surface area contributed by atoms with Gasteiger partial charge in [-0.1, -0.05) is 42.3 Å². The maximum Gasteiger partial charge on any atom is 0.394 e. The number of nitrogens with zero attached hydrogens (tertiary/aromatic N) is 1. The third kappa shape index (κ3) is 5.13. The largest absolute Gasteiger partial charge is 0.394 e. The number of benzene rings is 1. The lowest BCUT2D eigenvalue weighted by Gasteiger charge is -2.43. The summed E-state index contributed by atoms with van der Waals surface area (Å²) in [5.74, 6) is -0.402. The summed E-state index contributed by atoms with van der Waals surface area (Å²) in [5, 5.41) is 14.3. The van der Waals surface area contributed by atoms with Crippen molar-refractivity contribution in [3.05, 3.63) is 77.5 Å². The van der Waals surface area contributed by atoms with Gasteiger partial charge in [-0.25, -0.2) is 4.39 Å². The van der Waals surface area contributed by atoms with E-state index in [-0.39, 0.29) is 19.3 Å². The Morgan fingerprint density at radius 3 is 2.39 bits per heavy atom. The van der Waals surface area contributed by atoms with Gasteiger partial charge < -0.3 is 10.4 Å². The highest BCUT2D eigenvalue weighted by Gasteiger charge is 2.57. The Balaban J connectivity index is 1.41. The summed E-state index contributed by atoms with van der Waals surface area (Å²) >= 11 is 0. The Labute approximate surface area is 191 Å². The first-order chi connectivity index (χ1) is 15.6. The molecule has 1 atom stereocenters. The van der Waals surface area contributed by atoms with E-state index in [1.54, 1.807) is 19.2 Å². The van der Waals surface area contributed by atoms with Gasteiger partial charge in [0.25, 0.3) is 0 Å². The molecule has 2 aromatic rings. The minimum absolute atomic E-state index is 0.0416. The van der Waals surface area contributed by atoms with E-state index >= 15 is 0 Å². The fourth-order valence-electron chi connectivity index (χ4n) is 4.64. The predicted octanol–water partition coefficient (Wildman–Crippen LogP) is 6.76. The van der Waals surface area contributed by atoms with Gasteiger partial charge >= 0.3 is 6.18 Å². The molecule has 4 rings (SSSR count). The third-order valence-corrected chi connectivity index (χ3v) is 6.86. The molecule has 3 nitrogen and oxygen atoms in total. The molecule has 2 N–H and O–H groups in total. The molecule has 1 unspecified atom stereocenters. The molecule has 0 radical (unpaired) electrons. The van der Waals surface area contributed by atoms with Gasteiger partial charge in [0.2, 0.25) is 0 Å². The maximum absolute atomic E-state index is 13.5. The molecular weight excluding hydrogens is 432 g/mol. The Bertz CT molecular complexity index is 1030. The standard InChI is InChI=1S/C26H28F4N2O/c1-24(33,20-8-6-19(7-9-20)23-11-10-21(27)17-32-23)15-22-5-2-4-18(16-31-22)14-25(12-3-13-25)26(28,29)30/h5-11,16-17,31,33H,2-4,12-15H2,1H3. The van der Waals surface area contributed by atoms with E-state index in [2.05, 4.69) is 10.3 Å². The SMILES string of the molecule is CC(O)(CC1=CCCC(CC2(C(F)(F)F)CCC2)=CN1)c1ccc(-c2ccc(F)cn2)cc1. The molecule has 33 heavy (non-hydrogen) atoms. The lowest BCUT2D eigenvalue weighted by molar-refractivity contribution is -0.250. The van der Waals surface area contributed by atoms with Crippen LogP contribution in [-0.4, -0.2) is 16.3 Å². The first kappa shape index (κ1) is 23.5. The fourth-order valence-corrected chi connectivity index (χ4v) is 4.64. The summed E-state index contributed by atoms with van der Waals surface area (Å²) in [5.41, 5.74) is 0.961. The van der Waals surface area contributed by atoms with Gasteiger partial charge in [0.1, 0.15) is 5.82 Å². The van der Waals surface area contributed by atoms with E-state index in [1.165, 1.54) is 6.07 Å². The van der Waals surface area contributed by atoms with Crippen LogP contribution in [-0.2, 0) is 5.60 Å². The van der Waals surface area contributed by atoms with E-state index in [1.807, 2.05) is 30.3 Å². The van der Waals surface area contributed by atoms with Gasteiger partial charge in [0, 0.05) is 17.7 Å². The van der Waals surface area contributed by atoms with Crippen LogP contribution in [0.3, 0.4) is 0 Å². The number of pyridine rings is 1. The average molecular weight is 461 g/mol. The highest BCUT2D eigenvalue weighted by molar-refractivity contribution is 5.59. The first-order valence-corrected chi connectivity index (χ1v) is 11.2. The number of alkyl halides is 3. The summed E-state index contributed by atoms with van der Waals surface area (Å²) in [6.07, 6.45) is 3.22. The number of allylic oxidation sites excluding steroid dienone is 2. The summed E-state index contributed by atoms with van der Waals surface area (Å²) in [6.45, 7) is 1.71. The molecule has 1 aromatic carbocycles. The van der Waals surface area contributed by atoms with Crippen LogP contribution in [0.25, 0.3) is 11.3 Å². The van der Waals surface area contributed by atoms with Crippen molar-refractivity contribution in [3.63, 3.8) is 0 Å². The summed E-state index contributed by atoms with van der Waals surface area (Å²) in [4.78, 5) is 4.07. The van der Waals surface area contributed by atoms with Crippen molar-refractivity contribution in [2.24, 2.45) is 5.41 Å². The molecule has 1 fully saturated rings. The Morgan fingerprint density at radius 2 is 1.82 bits per heavy atom. The minimum Gasteiger partial charge on any atom is -0.385 e. The van der Waals surface area contributed by atoms with Crippen LogP contribution >= 0.6 is 0 Å². The Kier molecular flexibility index (Phi) is 6.36. The van der Waals surface area contributed by atoms with E-state index in [0.29, 0.717) is 36.9 Å². The average Bonchev–Trinajstić information content (AvgIpc) is 2.95. The van der Waals surface area contributed by atoms with Crippen LogP contribution in [0.5, 0.6) is 0 Å². The third-order valence-electron chi connectivity index (χ3n) is 6.86. The van der Waals surface area contributed by atoms with E-state index in [0.717, 1.165) is 23.0 Å². The van der Waals surface area contributed by atoms with E-state index < -0.39 is 23.0 Å². The lowest BCUT2D eigenvalue weighted by atomic mass is 9.64. The van der Waals surface area contributed by atoms with Crippen LogP contribution in [0.2, 0.25) is 0 Å². The van der Waals surface area contributed by atoms with Crippen LogP contribution < -0.4 is 5.32 Å². The van der Waals surface area contributed by atoms with Crippen molar-refractivity contribution < 1.29 is 22.7 Å². The molecule has 2 aliphatic rings. The predicted molar refractivity (Wildman–Crippen MR) is 119 cm³/mol. The second-order valence-corrected chi connectivity index (χ2v) is 9.41. The fraction of sp³-hybridized carbons (Fsp3) is 0.423. The van der Waals surface area contributed by atoms with Gasteiger partial charge in [-0.15, -0.1) is 0 Å². The molecule has 2 heterocycles. The summed E-state index contributed by atoms with van der Waals surface area (Å²) in [6, 6.07) is 10.2. The molecule has 1 aliphatic carbocycles. The smallest absolute Gasteiger partial charge is 0.385 e. The second-order valence-electron chi connectivity index (χ2n) is 9.41. The van der Waals surface area contributed by atoms with Crippen LogP contribution in [0, 0.1) is 11.2 Å². The van der Waals surface area contributed by atoms with Crippen LogP contribution in [0.15, 0.2) is 66.1 Å². The molecule has 7 heteroatoms. The number of hydrogen-bond acceptors (Lipinski definition) is 3. The monoisotopic (exact) mass is 460 g/mol. The van der Waals surface area contributed by atoms with Crippen molar-refractivity contribution in [1.29, 1.82) is 0 Å². The number of nitrogens with one attached hydrogen (secondary N) is 1. The minimum atomic E-state index is -4.17. The molecule has 1 aromatic heterocycles. The van der Waals surface area contributed by atoms with Crippen molar-refractivity contribution in [1.82, 2.24) is 10.3 Å². The zero-order valence-electron chi connectivity index (χ0n) is 18.6. The molecule has 0 spiro atoms. The molecule has 0 amide bonds.